The van der Waals surface area contributed by atoms with Crippen LogP contribution in [0.3, 0.4) is 0 Å². The molecule has 0 bridgehead atoms. The van der Waals surface area contributed by atoms with Crippen LogP contribution >= 0.6 is 0 Å². The van der Waals surface area contributed by atoms with Crippen molar-refractivity contribution in [3.05, 3.63) is 145 Å². The molecular formula is C48H41N4OPt-. The van der Waals surface area contributed by atoms with E-state index in [-0.39, 0.29) is 37.6 Å². The average molecular weight is 885 g/mol. The van der Waals surface area contributed by atoms with Crippen LogP contribution in [-0.2, 0) is 31.9 Å². The van der Waals surface area contributed by atoms with E-state index in [2.05, 4.69) is 137 Å². The number of pyridine rings is 1. The first-order valence-electron chi connectivity index (χ1n) is 18.3. The van der Waals surface area contributed by atoms with Crippen molar-refractivity contribution in [1.29, 1.82) is 0 Å². The zero-order valence-corrected chi connectivity index (χ0v) is 33.5. The van der Waals surface area contributed by atoms with Gasteiger partial charge in [0.15, 0.2) is 0 Å². The van der Waals surface area contributed by atoms with Crippen molar-refractivity contribution in [2.75, 3.05) is 0 Å². The van der Waals surface area contributed by atoms with Crippen LogP contribution in [0.25, 0.3) is 83.2 Å². The topological polar surface area (TPSA) is 65.0 Å². The van der Waals surface area contributed by atoms with Crippen LogP contribution in [0.2, 0.25) is 0 Å². The summed E-state index contributed by atoms with van der Waals surface area (Å²) in [5.41, 5.74) is 12.4. The predicted octanol–water partition coefficient (Wildman–Crippen LogP) is 12.1. The number of phenolic OH excluding ortho intramolecular Hbond substituents is 1. The summed E-state index contributed by atoms with van der Waals surface area (Å²) in [6.07, 6.45) is 0. The third kappa shape index (κ3) is 5.92. The van der Waals surface area contributed by atoms with Gasteiger partial charge in [-0.2, -0.15) is 0 Å². The molecule has 0 atom stereocenters. The smallest absolute Gasteiger partial charge is 0.144 e. The molecule has 5 nitrogen and oxygen atoms in total. The Balaban J connectivity index is 0.00000413. The largest absolute Gasteiger partial charge is 0.656 e. The molecule has 3 aromatic heterocycles. The summed E-state index contributed by atoms with van der Waals surface area (Å²) in [7, 11) is 0. The van der Waals surface area contributed by atoms with Gasteiger partial charge in [0.1, 0.15) is 17.1 Å². The molecule has 54 heavy (non-hydrogen) atoms. The van der Waals surface area contributed by atoms with Crippen molar-refractivity contribution in [3.8, 4) is 45.2 Å². The van der Waals surface area contributed by atoms with Crippen LogP contribution in [-0.4, -0.2) is 19.6 Å². The molecule has 0 aliphatic carbocycles. The minimum Gasteiger partial charge on any atom is -0.656 e. The molecule has 0 saturated carbocycles. The van der Waals surface area contributed by atoms with Gasteiger partial charge in [0, 0.05) is 43.3 Å². The zero-order valence-electron chi connectivity index (χ0n) is 31.3. The van der Waals surface area contributed by atoms with Crippen LogP contribution in [0, 0.1) is 0 Å². The summed E-state index contributed by atoms with van der Waals surface area (Å²) in [6.45, 7) is 13.6. The Morgan fingerprint density at radius 1 is 0.556 bits per heavy atom. The standard InChI is InChI=1S/C48H41N4O.Pt/c1-47(2,3)30-23-24-39-36(25-30)37-26-31(48(4,5)6)27-38(43(37)49-39)46-51-44-34(20-13-21-41(44)52(46)32-17-11-8-12-18-32)40-28-35(29-15-9-7-10-16-29)33-19-14-22-42(53)45(33)50-40;/h7-28H,1-6H3,(H-,49,50,51,53);/q-1;. The molecule has 0 amide bonds. The van der Waals surface area contributed by atoms with Crippen molar-refractivity contribution in [1.82, 2.24) is 19.5 Å². The van der Waals surface area contributed by atoms with Gasteiger partial charge < -0.3 is 10.1 Å². The SMILES string of the molecule is CC(C)(C)c1ccc2[n-]c3c(-c4nc5c(-c6cc(-c7ccccc7)c7cccc(O)c7n6)cccc5n4-c4ccccc4)cc(C(C)(C)C)cc3c2c1.[Pt]. The fraction of sp³-hybridized carbons (Fsp3) is 0.167. The predicted molar refractivity (Wildman–Crippen MR) is 220 cm³/mol. The molecule has 1 N–H and O–H groups in total. The first-order chi connectivity index (χ1) is 25.5. The Morgan fingerprint density at radius 2 is 1.24 bits per heavy atom. The quantitative estimate of drug-likeness (QED) is 0.191. The Labute approximate surface area is 330 Å². The number of benzene rings is 6. The van der Waals surface area contributed by atoms with Gasteiger partial charge in [-0.3, -0.25) is 4.57 Å². The van der Waals surface area contributed by atoms with Gasteiger partial charge in [0.25, 0.3) is 0 Å². The number of fused-ring (bicyclic) bond motifs is 5. The summed E-state index contributed by atoms with van der Waals surface area (Å²) in [5.74, 6) is 0.968. The van der Waals surface area contributed by atoms with E-state index in [0.29, 0.717) is 5.52 Å². The summed E-state index contributed by atoms with van der Waals surface area (Å²) in [5, 5.41) is 14.3. The van der Waals surface area contributed by atoms with E-state index < -0.39 is 0 Å². The maximum atomic E-state index is 11.1. The van der Waals surface area contributed by atoms with Crippen molar-refractivity contribution < 1.29 is 26.2 Å². The summed E-state index contributed by atoms with van der Waals surface area (Å²) < 4.78 is 2.26. The zero-order chi connectivity index (χ0) is 36.6. The Hall–Kier alpha value is -5.51. The molecule has 6 aromatic carbocycles. The van der Waals surface area contributed by atoms with Crippen LogP contribution in [0.4, 0.5) is 0 Å². The van der Waals surface area contributed by atoms with Gasteiger partial charge in [-0.1, -0.05) is 139 Å². The van der Waals surface area contributed by atoms with Crippen molar-refractivity contribution in [2.24, 2.45) is 0 Å². The van der Waals surface area contributed by atoms with Gasteiger partial charge in [-0.25, -0.2) is 9.97 Å². The number of phenols is 1. The first-order valence-corrected chi connectivity index (χ1v) is 18.3. The van der Waals surface area contributed by atoms with E-state index >= 15 is 0 Å². The molecule has 9 aromatic rings. The Bertz CT molecular complexity index is 2860. The number of hydrogen-bond donors (Lipinski definition) is 1. The van der Waals surface area contributed by atoms with E-state index in [0.717, 1.165) is 77.7 Å². The van der Waals surface area contributed by atoms with Gasteiger partial charge in [-0.15, -0.1) is 11.0 Å². The van der Waals surface area contributed by atoms with E-state index in [1.165, 1.54) is 11.1 Å². The minimum atomic E-state index is -0.117. The molecule has 0 aliphatic heterocycles. The molecule has 0 unspecified atom stereocenters. The van der Waals surface area contributed by atoms with E-state index in [1.54, 1.807) is 6.07 Å². The second-order valence-electron chi connectivity index (χ2n) is 16.1. The molecule has 0 radical (unpaired) electrons. The molecule has 0 spiro atoms. The van der Waals surface area contributed by atoms with Gasteiger partial charge in [0.2, 0.25) is 0 Å². The van der Waals surface area contributed by atoms with Gasteiger partial charge in [0.05, 0.1) is 16.7 Å². The molecule has 0 saturated heterocycles. The molecule has 270 valence electrons. The van der Waals surface area contributed by atoms with Crippen LogP contribution in [0.5, 0.6) is 5.75 Å². The Kier molecular flexibility index (Phi) is 8.62. The van der Waals surface area contributed by atoms with Gasteiger partial charge >= 0.3 is 0 Å². The van der Waals surface area contributed by atoms with E-state index in [1.807, 2.05) is 36.4 Å². The maximum absolute atomic E-state index is 11.1. The van der Waals surface area contributed by atoms with Crippen LogP contribution in [0.15, 0.2) is 133 Å². The maximum Gasteiger partial charge on any atom is 0.144 e. The third-order valence-electron chi connectivity index (χ3n) is 10.5. The molecule has 0 fully saturated rings. The summed E-state index contributed by atoms with van der Waals surface area (Å²) in [6, 6.07) is 46.1. The van der Waals surface area contributed by atoms with Crippen molar-refractivity contribution >= 4 is 43.7 Å². The number of para-hydroxylation sites is 3. The average Bonchev–Trinajstić information content (AvgIpc) is 3.73. The fourth-order valence-electron chi connectivity index (χ4n) is 7.55. The summed E-state index contributed by atoms with van der Waals surface area (Å²) in [4.78, 5) is 16.0. The minimum absolute atomic E-state index is 0. The molecule has 6 heteroatoms. The number of nitrogens with zero attached hydrogens (tertiary/aromatic N) is 4. The number of rotatable bonds is 4. The molecular weight excluding hydrogens is 844 g/mol. The van der Waals surface area contributed by atoms with Crippen molar-refractivity contribution in [3.63, 3.8) is 0 Å². The van der Waals surface area contributed by atoms with Crippen LogP contribution < -0.4 is 4.98 Å². The van der Waals surface area contributed by atoms with E-state index in [9.17, 15) is 5.11 Å². The normalized spacial score (nSPS) is 12.2. The number of aromatic hydroxyl groups is 1. The molecule has 9 rings (SSSR count). The monoisotopic (exact) mass is 884 g/mol. The number of hydrogen-bond acceptors (Lipinski definition) is 3. The van der Waals surface area contributed by atoms with Crippen LogP contribution in [0.1, 0.15) is 52.7 Å². The second kappa shape index (κ2) is 13.1. The molecule has 3 heterocycles. The second-order valence-corrected chi connectivity index (χ2v) is 16.1. The first kappa shape index (κ1) is 35.5. The third-order valence-corrected chi connectivity index (χ3v) is 10.5. The Morgan fingerprint density at radius 3 is 1.96 bits per heavy atom. The fourth-order valence-corrected chi connectivity index (χ4v) is 7.55. The van der Waals surface area contributed by atoms with Gasteiger partial charge in [-0.05, 0) is 80.3 Å². The van der Waals surface area contributed by atoms with Crippen molar-refractivity contribution in [2.45, 2.75) is 52.4 Å². The molecule has 0 aliphatic rings. The number of aromatic nitrogens is 4. The number of imidazole rings is 1. The van der Waals surface area contributed by atoms with E-state index in [4.69, 9.17) is 15.0 Å². The summed E-state index contributed by atoms with van der Waals surface area (Å²) >= 11 is 0.